The van der Waals surface area contributed by atoms with Crippen LogP contribution in [0.15, 0.2) is 0 Å². The lowest BCUT2D eigenvalue weighted by molar-refractivity contribution is -0.132. The summed E-state index contributed by atoms with van der Waals surface area (Å²) in [5, 5.41) is 7.61. The van der Waals surface area contributed by atoms with Gasteiger partial charge in [0.1, 0.15) is 6.04 Å². The standard InChI is InChI=1S/C12H22N4O4.4C2H6/c1-6(14-4)11(19)15-7(2)12(20)16-9(8(3)17)5-10(13)18;4*1-2/h6-7,9,14H,5H2,1-4H3,(H2,13,18)(H,15,19)(H,16,20);4*1-2H3/t6?,7-,9?;;;;/m0..../s1. The number of carbonyl (C=O) groups excluding carboxylic acids is 4. The molecular formula is C20H46N4O4. The van der Waals surface area contributed by atoms with Crippen molar-refractivity contribution in [3.05, 3.63) is 0 Å². The monoisotopic (exact) mass is 406 g/mol. The highest BCUT2D eigenvalue weighted by molar-refractivity contribution is 5.94. The minimum Gasteiger partial charge on any atom is -0.370 e. The van der Waals surface area contributed by atoms with Gasteiger partial charge in [0.25, 0.3) is 0 Å². The predicted octanol–water partition coefficient (Wildman–Crippen LogP) is 2.15. The summed E-state index contributed by atoms with van der Waals surface area (Å²) in [6, 6.07) is -2.24. The van der Waals surface area contributed by atoms with Crippen molar-refractivity contribution in [2.75, 3.05) is 7.05 Å². The highest BCUT2D eigenvalue weighted by Gasteiger charge is 2.24. The van der Waals surface area contributed by atoms with Crippen LogP contribution in [0.1, 0.15) is 82.6 Å². The highest BCUT2D eigenvalue weighted by Crippen LogP contribution is 1.95. The average molecular weight is 407 g/mol. The normalized spacial score (nSPS) is 11.4. The van der Waals surface area contributed by atoms with E-state index in [9.17, 15) is 19.2 Å². The largest absolute Gasteiger partial charge is 0.370 e. The summed E-state index contributed by atoms with van der Waals surface area (Å²) in [6.07, 6.45) is -0.269. The smallest absolute Gasteiger partial charge is 0.242 e. The molecule has 28 heavy (non-hydrogen) atoms. The lowest BCUT2D eigenvalue weighted by Gasteiger charge is -2.20. The van der Waals surface area contributed by atoms with Gasteiger partial charge in [0, 0.05) is 0 Å². The Kier molecular flexibility index (Phi) is 35.9. The molecule has 0 spiro atoms. The van der Waals surface area contributed by atoms with Crippen LogP contribution in [-0.4, -0.2) is 48.7 Å². The lowest BCUT2D eigenvalue weighted by Crippen LogP contribution is -2.53. The van der Waals surface area contributed by atoms with Crippen molar-refractivity contribution in [1.29, 1.82) is 0 Å². The van der Waals surface area contributed by atoms with Gasteiger partial charge in [-0.15, -0.1) is 0 Å². The Hall–Kier alpha value is -1.96. The van der Waals surface area contributed by atoms with Crippen LogP contribution in [0.5, 0.6) is 0 Å². The molecule has 170 valence electrons. The van der Waals surface area contributed by atoms with Gasteiger partial charge in [-0.05, 0) is 27.8 Å². The maximum atomic E-state index is 11.8. The van der Waals surface area contributed by atoms with E-state index < -0.39 is 29.9 Å². The summed E-state index contributed by atoms with van der Waals surface area (Å²) in [5.41, 5.74) is 5.00. The number of rotatable bonds is 8. The molecule has 8 nitrogen and oxygen atoms in total. The van der Waals surface area contributed by atoms with Crippen molar-refractivity contribution < 1.29 is 19.2 Å². The summed E-state index contributed by atoms with van der Waals surface area (Å²) >= 11 is 0. The first-order chi connectivity index (χ1) is 13.2. The molecule has 8 heteroatoms. The van der Waals surface area contributed by atoms with Crippen LogP contribution in [0.25, 0.3) is 0 Å². The van der Waals surface area contributed by atoms with E-state index in [0.717, 1.165) is 0 Å². The minimum absolute atomic E-state index is 0.269. The van der Waals surface area contributed by atoms with E-state index in [1.165, 1.54) is 13.8 Å². The molecule has 0 aromatic rings. The molecule has 0 bridgehead atoms. The molecule has 0 radical (unpaired) electrons. The molecule has 0 aliphatic carbocycles. The zero-order valence-electron chi connectivity index (χ0n) is 20.1. The molecule has 3 amide bonds. The maximum Gasteiger partial charge on any atom is 0.242 e. The molecule has 0 aliphatic heterocycles. The number of nitrogens with one attached hydrogen (secondary N) is 3. The van der Waals surface area contributed by atoms with Gasteiger partial charge in [-0.3, -0.25) is 19.2 Å². The van der Waals surface area contributed by atoms with E-state index in [-0.39, 0.29) is 18.1 Å². The minimum atomic E-state index is -0.971. The van der Waals surface area contributed by atoms with Gasteiger partial charge in [-0.1, -0.05) is 55.4 Å². The van der Waals surface area contributed by atoms with Gasteiger partial charge in [0.05, 0.1) is 18.5 Å². The summed E-state index contributed by atoms with van der Waals surface area (Å²) in [4.78, 5) is 45.5. The number of hydrogen-bond donors (Lipinski definition) is 4. The average Bonchev–Trinajstić information content (AvgIpc) is 2.72. The number of nitrogens with two attached hydrogens (primary N) is 1. The van der Waals surface area contributed by atoms with Crippen LogP contribution in [0.2, 0.25) is 0 Å². The molecule has 0 saturated heterocycles. The van der Waals surface area contributed by atoms with Crippen molar-refractivity contribution in [2.45, 2.75) is 101 Å². The zero-order chi connectivity index (χ0) is 23.9. The fourth-order valence-electron chi connectivity index (χ4n) is 1.33. The van der Waals surface area contributed by atoms with Gasteiger partial charge in [0.15, 0.2) is 5.78 Å². The van der Waals surface area contributed by atoms with Crippen molar-refractivity contribution in [3.63, 3.8) is 0 Å². The number of primary amides is 1. The number of ketones is 1. The first kappa shape index (κ1) is 36.9. The molecule has 5 N–H and O–H groups in total. The highest BCUT2D eigenvalue weighted by atomic mass is 16.2. The molecule has 2 unspecified atom stereocenters. The Labute approximate surface area is 172 Å². The van der Waals surface area contributed by atoms with Crippen molar-refractivity contribution >= 4 is 23.5 Å². The van der Waals surface area contributed by atoms with Gasteiger partial charge >= 0.3 is 0 Å². The number of likely N-dealkylation sites (N-methyl/N-ethyl adjacent to an activating group) is 1. The van der Waals surface area contributed by atoms with E-state index in [1.807, 2.05) is 55.4 Å². The van der Waals surface area contributed by atoms with Gasteiger partial charge in [0.2, 0.25) is 17.7 Å². The number of carbonyl (C=O) groups is 4. The Morgan fingerprint density at radius 2 is 1.11 bits per heavy atom. The second kappa shape index (κ2) is 27.3. The Bertz CT molecular complexity index is 402. The Balaban J connectivity index is -0.000000194. The summed E-state index contributed by atoms with van der Waals surface area (Å²) < 4.78 is 0. The molecule has 0 aromatic carbocycles. The van der Waals surface area contributed by atoms with E-state index in [0.29, 0.717) is 0 Å². The van der Waals surface area contributed by atoms with Crippen LogP contribution in [0.4, 0.5) is 0 Å². The van der Waals surface area contributed by atoms with E-state index >= 15 is 0 Å². The number of Topliss-reactive ketones (excluding diaryl/α,β-unsaturated/α-hetero) is 1. The quantitative estimate of drug-likeness (QED) is 0.490. The fraction of sp³-hybridized carbons (Fsp3) is 0.800. The van der Waals surface area contributed by atoms with Crippen LogP contribution in [0.3, 0.4) is 0 Å². The topological polar surface area (TPSA) is 130 Å². The third-order valence-corrected chi connectivity index (χ3v) is 2.79. The van der Waals surface area contributed by atoms with E-state index in [4.69, 9.17) is 5.73 Å². The van der Waals surface area contributed by atoms with Crippen LogP contribution < -0.4 is 21.7 Å². The SMILES string of the molecule is CC.CC.CC.CC.CNC(C)C(=O)N[C@@H](C)C(=O)NC(CC(N)=O)C(C)=O. The maximum absolute atomic E-state index is 11.8. The second-order valence-corrected chi connectivity index (χ2v) is 4.58. The Morgan fingerprint density at radius 3 is 1.39 bits per heavy atom. The third kappa shape index (κ3) is 22.1. The van der Waals surface area contributed by atoms with Gasteiger partial charge in [-0.2, -0.15) is 0 Å². The van der Waals surface area contributed by atoms with E-state index in [2.05, 4.69) is 16.0 Å². The van der Waals surface area contributed by atoms with Gasteiger partial charge < -0.3 is 21.7 Å². The van der Waals surface area contributed by atoms with Crippen LogP contribution in [-0.2, 0) is 19.2 Å². The van der Waals surface area contributed by atoms with Crippen molar-refractivity contribution in [1.82, 2.24) is 16.0 Å². The number of amides is 3. The third-order valence-electron chi connectivity index (χ3n) is 2.79. The summed E-state index contributed by atoms with van der Waals surface area (Å²) in [5.74, 6) is -1.96. The summed E-state index contributed by atoms with van der Waals surface area (Å²) in [6.45, 7) is 20.4. The molecular weight excluding hydrogens is 360 g/mol. The predicted molar refractivity (Wildman–Crippen MR) is 118 cm³/mol. The van der Waals surface area contributed by atoms with Crippen molar-refractivity contribution in [2.24, 2.45) is 5.73 Å². The first-order valence-electron chi connectivity index (χ1n) is 10.3. The van der Waals surface area contributed by atoms with Crippen molar-refractivity contribution in [3.8, 4) is 0 Å². The molecule has 3 atom stereocenters. The van der Waals surface area contributed by atoms with Crippen LogP contribution in [0, 0.1) is 0 Å². The first-order valence-corrected chi connectivity index (χ1v) is 10.3. The molecule has 0 heterocycles. The second-order valence-electron chi connectivity index (χ2n) is 4.58. The van der Waals surface area contributed by atoms with Crippen LogP contribution >= 0.6 is 0 Å². The van der Waals surface area contributed by atoms with E-state index in [1.54, 1.807) is 14.0 Å². The summed E-state index contributed by atoms with van der Waals surface area (Å²) in [7, 11) is 1.62. The lowest BCUT2D eigenvalue weighted by atomic mass is 10.1. The van der Waals surface area contributed by atoms with Gasteiger partial charge in [-0.25, -0.2) is 0 Å². The zero-order valence-corrected chi connectivity index (χ0v) is 20.1. The molecule has 0 fully saturated rings. The molecule has 0 aromatic heterocycles. The molecule has 0 aliphatic rings. The Morgan fingerprint density at radius 1 is 0.750 bits per heavy atom. The molecule has 0 rings (SSSR count). The fourth-order valence-corrected chi connectivity index (χ4v) is 1.33. The molecule has 0 saturated carbocycles. The number of hydrogen-bond acceptors (Lipinski definition) is 5.